The van der Waals surface area contributed by atoms with Crippen LogP contribution in [-0.4, -0.2) is 39.1 Å². The molecule has 25 heavy (non-hydrogen) atoms. The molecule has 2 rings (SSSR count). The van der Waals surface area contributed by atoms with E-state index in [9.17, 15) is 13.2 Å². The molecular weight excluding hydrogens is 383 g/mol. The van der Waals surface area contributed by atoms with Crippen molar-refractivity contribution in [3.8, 4) is 0 Å². The van der Waals surface area contributed by atoms with Gasteiger partial charge in [0.2, 0.25) is 5.91 Å². The Balaban J connectivity index is 1.96. The first-order valence-electron chi connectivity index (χ1n) is 7.37. The predicted octanol–water partition coefficient (Wildman–Crippen LogP) is 3.47. The van der Waals surface area contributed by atoms with Gasteiger partial charge < -0.3 is 5.32 Å². The summed E-state index contributed by atoms with van der Waals surface area (Å²) in [6.45, 7) is 0.664. The average molecular weight is 401 g/mol. The third-order valence-electron chi connectivity index (χ3n) is 3.40. The lowest BCUT2D eigenvalue weighted by Crippen LogP contribution is -2.29. The number of anilines is 1. The minimum atomic E-state index is -3.32. The van der Waals surface area contributed by atoms with Gasteiger partial charge in [-0.3, -0.25) is 9.69 Å². The molecule has 0 heterocycles. The van der Waals surface area contributed by atoms with Crippen molar-refractivity contribution in [1.82, 2.24) is 4.90 Å². The third kappa shape index (κ3) is 6.01. The standard InChI is InChI=1S/C17H18Cl2N2O3S/c1-21(10-12-6-7-15(18)16(19)8-12)11-17(22)20-13-4-3-5-14(9-13)25(2,23)24/h3-9H,10-11H2,1-2H3,(H,20,22). The molecule has 0 unspecified atom stereocenters. The van der Waals surface area contributed by atoms with Crippen LogP contribution in [0.4, 0.5) is 5.69 Å². The largest absolute Gasteiger partial charge is 0.325 e. The highest BCUT2D eigenvalue weighted by Gasteiger charge is 2.11. The van der Waals surface area contributed by atoms with Crippen LogP contribution in [-0.2, 0) is 21.2 Å². The van der Waals surface area contributed by atoms with Gasteiger partial charge in [0.15, 0.2) is 9.84 Å². The Hall–Kier alpha value is -1.60. The number of likely N-dealkylation sites (N-methyl/N-ethyl adjacent to an activating group) is 1. The molecule has 2 aromatic rings. The van der Waals surface area contributed by atoms with Gasteiger partial charge >= 0.3 is 0 Å². The Morgan fingerprint density at radius 2 is 1.84 bits per heavy atom. The van der Waals surface area contributed by atoms with E-state index < -0.39 is 9.84 Å². The van der Waals surface area contributed by atoms with Crippen molar-refractivity contribution >= 4 is 44.6 Å². The van der Waals surface area contributed by atoms with Crippen LogP contribution in [0.2, 0.25) is 10.0 Å². The summed E-state index contributed by atoms with van der Waals surface area (Å²) in [5, 5.41) is 3.65. The molecule has 0 aliphatic heterocycles. The predicted molar refractivity (Wildman–Crippen MR) is 101 cm³/mol. The van der Waals surface area contributed by atoms with Crippen molar-refractivity contribution < 1.29 is 13.2 Å². The number of nitrogens with zero attached hydrogens (tertiary/aromatic N) is 1. The number of carbonyl (C=O) groups is 1. The second-order valence-electron chi connectivity index (χ2n) is 5.77. The molecular formula is C17H18Cl2N2O3S. The number of amides is 1. The molecule has 8 heteroatoms. The fourth-order valence-electron chi connectivity index (χ4n) is 2.26. The van der Waals surface area contributed by atoms with Crippen LogP contribution in [0.1, 0.15) is 5.56 Å². The second kappa shape index (κ2) is 8.19. The quantitative estimate of drug-likeness (QED) is 0.805. The molecule has 2 aromatic carbocycles. The maximum absolute atomic E-state index is 12.1. The maximum Gasteiger partial charge on any atom is 0.238 e. The van der Waals surface area contributed by atoms with Crippen LogP contribution in [0.15, 0.2) is 47.4 Å². The molecule has 0 saturated carbocycles. The molecule has 0 aromatic heterocycles. The van der Waals surface area contributed by atoms with E-state index in [2.05, 4.69) is 5.32 Å². The van der Waals surface area contributed by atoms with E-state index in [-0.39, 0.29) is 17.3 Å². The minimum absolute atomic E-state index is 0.142. The van der Waals surface area contributed by atoms with E-state index in [4.69, 9.17) is 23.2 Å². The highest BCUT2D eigenvalue weighted by atomic mass is 35.5. The number of rotatable bonds is 6. The summed E-state index contributed by atoms with van der Waals surface area (Å²) < 4.78 is 23.1. The van der Waals surface area contributed by atoms with Crippen molar-refractivity contribution in [3.05, 3.63) is 58.1 Å². The smallest absolute Gasteiger partial charge is 0.238 e. The molecule has 0 aliphatic rings. The van der Waals surface area contributed by atoms with Gasteiger partial charge in [-0.15, -0.1) is 0 Å². The molecule has 0 fully saturated rings. The lowest BCUT2D eigenvalue weighted by molar-refractivity contribution is -0.117. The van der Waals surface area contributed by atoms with Crippen molar-refractivity contribution in [1.29, 1.82) is 0 Å². The summed E-state index contributed by atoms with van der Waals surface area (Å²) in [5.41, 5.74) is 1.37. The Morgan fingerprint density at radius 1 is 1.12 bits per heavy atom. The van der Waals surface area contributed by atoms with E-state index in [0.717, 1.165) is 11.8 Å². The Morgan fingerprint density at radius 3 is 2.48 bits per heavy atom. The van der Waals surface area contributed by atoms with Gasteiger partial charge in [-0.2, -0.15) is 0 Å². The first-order chi connectivity index (χ1) is 11.6. The highest BCUT2D eigenvalue weighted by molar-refractivity contribution is 7.90. The van der Waals surface area contributed by atoms with Crippen molar-refractivity contribution in [2.24, 2.45) is 0 Å². The number of carbonyl (C=O) groups excluding carboxylic acids is 1. The number of hydrogen-bond donors (Lipinski definition) is 1. The van der Waals surface area contributed by atoms with E-state index in [1.54, 1.807) is 31.3 Å². The van der Waals surface area contributed by atoms with Gasteiger partial charge in [0, 0.05) is 18.5 Å². The van der Waals surface area contributed by atoms with Gasteiger partial charge in [0.05, 0.1) is 21.5 Å². The summed E-state index contributed by atoms with van der Waals surface area (Å²) in [7, 11) is -1.52. The Bertz CT molecular complexity index is 885. The van der Waals surface area contributed by atoms with Gasteiger partial charge in [-0.05, 0) is 42.9 Å². The van der Waals surface area contributed by atoms with E-state index in [1.807, 2.05) is 11.0 Å². The Labute approximate surface area is 157 Å². The molecule has 1 N–H and O–H groups in total. The molecule has 1 amide bonds. The normalized spacial score (nSPS) is 11.6. The number of sulfone groups is 1. The lowest BCUT2D eigenvalue weighted by Gasteiger charge is -2.17. The topological polar surface area (TPSA) is 66.5 Å². The number of hydrogen-bond acceptors (Lipinski definition) is 4. The molecule has 0 aliphatic carbocycles. The summed E-state index contributed by atoms with van der Waals surface area (Å²) in [5.74, 6) is -0.242. The first kappa shape index (κ1) is 19.7. The fourth-order valence-corrected chi connectivity index (χ4v) is 3.24. The number of nitrogens with one attached hydrogen (secondary N) is 1. The molecule has 0 bridgehead atoms. The van der Waals surface area contributed by atoms with E-state index in [0.29, 0.717) is 22.3 Å². The van der Waals surface area contributed by atoms with E-state index in [1.165, 1.54) is 12.1 Å². The summed E-state index contributed by atoms with van der Waals surface area (Å²) in [4.78, 5) is 14.1. The molecule has 5 nitrogen and oxygen atoms in total. The molecule has 0 saturated heterocycles. The SMILES string of the molecule is CN(CC(=O)Nc1cccc(S(C)(=O)=O)c1)Cc1ccc(Cl)c(Cl)c1. The first-order valence-corrected chi connectivity index (χ1v) is 10.0. The molecule has 134 valence electrons. The second-order valence-corrected chi connectivity index (χ2v) is 8.60. The van der Waals surface area contributed by atoms with Crippen molar-refractivity contribution in [2.45, 2.75) is 11.4 Å². The van der Waals surface area contributed by atoms with Gasteiger partial charge in [0.1, 0.15) is 0 Å². The zero-order chi connectivity index (χ0) is 18.6. The van der Waals surface area contributed by atoms with Crippen molar-refractivity contribution in [2.75, 3.05) is 25.2 Å². The van der Waals surface area contributed by atoms with Crippen molar-refractivity contribution in [3.63, 3.8) is 0 Å². The van der Waals surface area contributed by atoms with Crippen LogP contribution in [0.5, 0.6) is 0 Å². The van der Waals surface area contributed by atoms with Crippen LogP contribution < -0.4 is 5.32 Å². The lowest BCUT2D eigenvalue weighted by atomic mass is 10.2. The maximum atomic E-state index is 12.1. The monoisotopic (exact) mass is 400 g/mol. The summed E-state index contributed by atoms with van der Waals surface area (Å²) in [6.07, 6.45) is 1.12. The zero-order valence-electron chi connectivity index (χ0n) is 13.8. The minimum Gasteiger partial charge on any atom is -0.325 e. The molecule has 0 atom stereocenters. The third-order valence-corrected chi connectivity index (χ3v) is 5.25. The van der Waals surface area contributed by atoms with Crippen LogP contribution >= 0.6 is 23.2 Å². The zero-order valence-corrected chi connectivity index (χ0v) is 16.1. The summed E-state index contributed by atoms with van der Waals surface area (Å²) >= 11 is 11.9. The number of halogens is 2. The summed E-state index contributed by atoms with van der Waals surface area (Å²) in [6, 6.07) is 11.5. The van der Waals surface area contributed by atoms with E-state index >= 15 is 0 Å². The Kier molecular flexibility index (Phi) is 6.46. The highest BCUT2D eigenvalue weighted by Crippen LogP contribution is 2.23. The fraction of sp³-hybridized carbons (Fsp3) is 0.235. The van der Waals surface area contributed by atoms with Gasteiger partial charge in [-0.1, -0.05) is 35.3 Å². The van der Waals surface area contributed by atoms with Crippen LogP contribution in [0, 0.1) is 0 Å². The number of benzene rings is 2. The molecule has 0 radical (unpaired) electrons. The van der Waals surface area contributed by atoms with Gasteiger partial charge in [0.25, 0.3) is 0 Å². The van der Waals surface area contributed by atoms with Crippen LogP contribution in [0.25, 0.3) is 0 Å². The average Bonchev–Trinajstić information content (AvgIpc) is 2.50. The molecule has 0 spiro atoms. The van der Waals surface area contributed by atoms with Crippen LogP contribution in [0.3, 0.4) is 0 Å². The van der Waals surface area contributed by atoms with Gasteiger partial charge in [-0.25, -0.2) is 8.42 Å².